The normalized spacial score (nSPS) is 15.6. The quantitative estimate of drug-likeness (QED) is 0.817. The molecule has 3 nitrogen and oxygen atoms in total. The number of unbranched alkanes of at least 4 members (excludes halogenated alkanes) is 1. The van der Waals surface area contributed by atoms with Crippen LogP contribution in [0.2, 0.25) is 0 Å². The molecule has 1 aromatic carbocycles. The Hall–Kier alpha value is -1.51. The van der Waals surface area contributed by atoms with E-state index in [4.69, 9.17) is 10.7 Å². The molecule has 3 heteroatoms. The highest BCUT2D eigenvalue weighted by molar-refractivity contribution is 5.79. The van der Waals surface area contributed by atoms with Crippen LogP contribution in [-0.2, 0) is 6.54 Å². The van der Waals surface area contributed by atoms with E-state index in [1.54, 1.807) is 0 Å². The molecule has 0 unspecified atom stereocenters. The number of nitrogens with zero attached hydrogens (tertiary/aromatic N) is 2. The summed E-state index contributed by atoms with van der Waals surface area (Å²) in [6.07, 6.45) is 5.03. The van der Waals surface area contributed by atoms with Crippen LogP contribution in [-0.4, -0.2) is 9.55 Å². The van der Waals surface area contributed by atoms with E-state index in [2.05, 4.69) is 17.6 Å². The fourth-order valence-corrected chi connectivity index (χ4v) is 2.37. The minimum absolute atomic E-state index is 0.695. The summed E-state index contributed by atoms with van der Waals surface area (Å²) in [4.78, 5) is 4.77. The average Bonchev–Trinajstić information content (AvgIpc) is 3.09. The molecule has 17 heavy (non-hydrogen) atoms. The Labute approximate surface area is 102 Å². The molecule has 1 fully saturated rings. The zero-order valence-electron chi connectivity index (χ0n) is 10.3. The van der Waals surface area contributed by atoms with Crippen molar-refractivity contribution in [2.24, 2.45) is 0 Å². The van der Waals surface area contributed by atoms with Gasteiger partial charge in [-0.1, -0.05) is 13.3 Å². The predicted molar refractivity (Wildman–Crippen MR) is 71.0 cm³/mol. The van der Waals surface area contributed by atoms with Gasteiger partial charge in [0.15, 0.2) is 0 Å². The van der Waals surface area contributed by atoms with E-state index in [0.29, 0.717) is 5.92 Å². The number of nitrogens with two attached hydrogens (primary N) is 1. The summed E-state index contributed by atoms with van der Waals surface area (Å²) in [6, 6.07) is 6.08. The highest BCUT2D eigenvalue weighted by atomic mass is 15.1. The van der Waals surface area contributed by atoms with Crippen LogP contribution in [0.25, 0.3) is 11.0 Å². The molecule has 0 saturated heterocycles. The lowest BCUT2D eigenvalue weighted by Gasteiger charge is -2.07. The molecule has 1 aliphatic carbocycles. The summed E-state index contributed by atoms with van der Waals surface area (Å²) >= 11 is 0. The average molecular weight is 229 g/mol. The standard InChI is InChI=1S/C14H19N3/c1-2-3-8-17-13-7-6-11(15)9-12(13)16-14(17)10-4-5-10/h6-7,9-10H,2-5,8,15H2,1H3. The molecule has 90 valence electrons. The van der Waals surface area contributed by atoms with Gasteiger partial charge in [-0.15, -0.1) is 0 Å². The maximum Gasteiger partial charge on any atom is 0.112 e. The Kier molecular flexibility index (Phi) is 2.54. The molecule has 1 heterocycles. The van der Waals surface area contributed by atoms with Crippen LogP contribution < -0.4 is 5.73 Å². The zero-order valence-corrected chi connectivity index (χ0v) is 10.3. The molecule has 0 bridgehead atoms. The van der Waals surface area contributed by atoms with Crippen molar-refractivity contribution in [3.8, 4) is 0 Å². The SMILES string of the molecule is CCCCn1c(C2CC2)nc2cc(N)ccc21. The van der Waals surface area contributed by atoms with Gasteiger partial charge in [0.25, 0.3) is 0 Å². The van der Waals surface area contributed by atoms with Crippen LogP contribution >= 0.6 is 0 Å². The van der Waals surface area contributed by atoms with Crippen molar-refractivity contribution < 1.29 is 0 Å². The number of aromatic nitrogens is 2. The van der Waals surface area contributed by atoms with Gasteiger partial charge in [-0.05, 0) is 37.5 Å². The van der Waals surface area contributed by atoms with Crippen LogP contribution in [0, 0.1) is 0 Å². The van der Waals surface area contributed by atoms with Crippen LogP contribution in [0.15, 0.2) is 18.2 Å². The molecule has 1 saturated carbocycles. The molecule has 1 aromatic heterocycles. The number of imidazole rings is 1. The molecule has 2 N–H and O–H groups in total. The lowest BCUT2D eigenvalue weighted by molar-refractivity contribution is 0.617. The van der Waals surface area contributed by atoms with Crippen molar-refractivity contribution in [1.82, 2.24) is 9.55 Å². The van der Waals surface area contributed by atoms with Crippen LogP contribution in [0.4, 0.5) is 5.69 Å². The number of aryl methyl sites for hydroxylation is 1. The maximum absolute atomic E-state index is 5.83. The number of nitrogen functional groups attached to an aromatic ring is 1. The van der Waals surface area contributed by atoms with Gasteiger partial charge in [-0.2, -0.15) is 0 Å². The van der Waals surface area contributed by atoms with Gasteiger partial charge in [0, 0.05) is 18.2 Å². The number of fused-ring (bicyclic) bond motifs is 1. The summed E-state index contributed by atoms with van der Waals surface area (Å²) in [6.45, 7) is 3.32. The molecule has 2 aromatic rings. The fourth-order valence-electron chi connectivity index (χ4n) is 2.37. The van der Waals surface area contributed by atoms with E-state index in [9.17, 15) is 0 Å². The Balaban J connectivity index is 2.09. The second kappa shape index (κ2) is 4.06. The molecule has 1 aliphatic rings. The summed E-state index contributed by atoms with van der Waals surface area (Å²) in [7, 11) is 0. The lowest BCUT2D eigenvalue weighted by atomic mass is 10.2. The Morgan fingerprint density at radius 2 is 2.24 bits per heavy atom. The molecule has 0 atom stereocenters. The zero-order chi connectivity index (χ0) is 11.8. The molecule has 0 radical (unpaired) electrons. The van der Waals surface area contributed by atoms with E-state index < -0.39 is 0 Å². The minimum Gasteiger partial charge on any atom is -0.399 e. The Morgan fingerprint density at radius 3 is 2.94 bits per heavy atom. The fraction of sp³-hybridized carbons (Fsp3) is 0.500. The summed E-state index contributed by atoms with van der Waals surface area (Å²) in [5.41, 5.74) is 8.93. The summed E-state index contributed by atoms with van der Waals surface area (Å²) in [5, 5.41) is 0. The van der Waals surface area contributed by atoms with E-state index in [-0.39, 0.29) is 0 Å². The first-order valence-electron chi connectivity index (χ1n) is 6.55. The molecule has 0 amide bonds. The monoisotopic (exact) mass is 229 g/mol. The number of anilines is 1. The van der Waals surface area contributed by atoms with Crippen molar-refractivity contribution in [3.63, 3.8) is 0 Å². The van der Waals surface area contributed by atoms with Gasteiger partial charge in [0.1, 0.15) is 5.82 Å². The Bertz CT molecular complexity index is 538. The van der Waals surface area contributed by atoms with Gasteiger partial charge >= 0.3 is 0 Å². The summed E-state index contributed by atoms with van der Waals surface area (Å²) < 4.78 is 2.40. The van der Waals surface area contributed by atoms with Gasteiger partial charge in [-0.3, -0.25) is 0 Å². The number of hydrogen-bond acceptors (Lipinski definition) is 2. The number of rotatable bonds is 4. The maximum atomic E-state index is 5.83. The third-order valence-corrected chi connectivity index (χ3v) is 3.48. The van der Waals surface area contributed by atoms with Crippen LogP contribution in [0.3, 0.4) is 0 Å². The van der Waals surface area contributed by atoms with Crippen LogP contribution in [0.1, 0.15) is 44.3 Å². The van der Waals surface area contributed by atoms with Gasteiger partial charge in [0.05, 0.1) is 11.0 Å². The van der Waals surface area contributed by atoms with E-state index in [0.717, 1.165) is 17.7 Å². The lowest BCUT2D eigenvalue weighted by Crippen LogP contribution is -2.02. The van der Waals surface area contributed by atoms with Crippen molar-refractivity contribution >= 4 is 16.7 Å². The van der Waals surface area contributed by atoms with Crippen LogP contribution in [0.5, 0.6) is 0 Å². The number of hydrogen-bond donors (Lipinski definition) is 1. The topological polar surface area (TPSA) is 43.8 Å². The smallest absolute Gasteiger partial charge is 0.112 e. The first kappa shape index (κ1) is 10.6. The van der Waals surface area contributed by atoms with E-state index in [1.807, 2.05) is 12.1 Å². The molecule has 0 spiro atoms. The third-order valence-electron chi connectivity index (χ3n) is 3.48. The molecular weight excluding hydrogens is 210 g/mol. The van der Waals surface area contributed by atoms with Crippen molar-refractivity contribution in [2.45, 2.75) is 45.1 Å². The van der Waals surface area contributed by atoms with Crippen molar-refractivity contribution in [2.75, 3.05) is 5.73 Å². The highest BCUT2D eigenvalue weighted by Crippen LogP contribution is 2.40. The van der Waals surface area contributed by atoms with Gasteiger partial charge < -0.3 is 10.3 Å². The third kappa shape index (κ3) is 1.90. The van der Waals surface area contributed by atoms with Gasteiger partial charge in [0.2, 0.25) is 0 Å². The molecule has 0 aliphatic heterocycles. The first-order valence-corrected chi connectivity index (χ1v) is 6.55. The second-order valence-electron chi connectivity index (χ2n) is 5.00. The second-order valence-corrected chi connectivity index (χ2v) is 5.00. The van der Waals surface area contributed by atoms with Crippen molar-refractivity contribution in [3.05, 3.63) is 24.0 Å². The predicted octanol–water partition coefficient (Wildman–Crippen LogP) is 3.30. The minimum atomic E-state index is 0.695. The van der Waals surface area contributed by atoms with Crippen molar-refractivity contribution in [1.29, 1.82) is 0 Å². The summed E-state index contributed by atoms with van der Waals surface area (Å²) in [5.74, 6) is 1.97. The molecular formula is C14H19N3. The Morgan fingerprint density at radius 1 is 1.41 bits per heavy atom. The van der Waals surface area contributed by atoms with E-state index >= 15 is 0 Å². The van der Waals surface area contributed by atoms with E-state index in [1.165, 1.54) is 37.0 Å². The molecule has 3 rings (SSSR count). The highest BCUT2D eigenvalue weighted by Gasteiger charge is 2.29. The van der Waals surface area contributed by atoms with Gasteiger partial charge in [-0.25, -0.2) is 4.98 Å². The largest absolute Gasteiger partial charge is 0.399 e. The first-order chi connectivity index (χ1) is 8.29. The number of benzene rings is 1.